The van der Waals surface area contributed by atoms with Crippen molar-refractivity contribution in [1.29, 1.82) is 0 Å². The zero-order chi connectivity index (χ0) is 5.45. The molecule has 0 amide bonds. The Morgan fingerprint density at radius 3 is 1.88 bits per heavy atom. The smallest absolute Gasteiger partial charge is 0.0193 e. The van der Waals surface area contributed by atoms with E-state index in [2.05, 4.69) is 5.32 Å². The van der Waals surface area contributed by atoms with E-state index in [4.69, 9.17) is 0 Å². The molecular weight excluding hydrogens is 98.1 g/mol. The van der Waals surface area contributed by atoms with Crippen molar-refractivity contribution in [2.45, 2.75) is 37.6 Å². The Balaban J connectivity index is 2.01. The first-order valence-corrected chi connectivity index (χ1v) is 3.66. The molecule has 0 radical (unpaired) electrons. The summed E-state index contributed by atoms with van der Waals surface area (Å²) in [5, 5.41) is 3.52. The summed E-state index contributed by atoms with van der Waals surface area (Å²) in [6, 6.07) is 0. The Hall–Kier alpha value is -0.0400. The van der Waals surface area contributed by atoms with E-state index in [9.17, 15) is 0 Å². The fourth-order valence-electron chi connectivity index (χ4n) is 1.96. The highest BCUT2D eigenvalue weighted by Gasteiger charge is 2.38. The van der Waals surface area contributed by atoms with Gasteiger partial charge in [-0.05, 0) is 25.8 Å². The second kappa shape index (κ2) is 1.47. The van der Waals surface area contributed by atoms with Crippen molar-refractivity contribution in [3.05, 3.63) is 0 Å². The lowest BCUT2D eigenvalue weighted by atomic mass is 9.86. The van der Waals surface area contributed by atoms with Gasteiger partial charge >= 0.3 is 0 Å². The molecule has 1 N–H and O–H groups in total. The fraction of sp³-hybridized carbons (Fsp3) is 1.00. The van der Waals surface area contributed by atoms with E-state index in [-0.39, 0.29) is 0 Å². The van der Waals surface area contributed by atoms with Crippen molar-refractivity contribution in [3.63, 3.8) is 0 Å². The first-order chi connectivity index (χ1) is 3.91. The SMILES string of the molecule is C1CCC2(C1)CCN2. The van der Waals surface area contributed by atoms with E-state index in [0.29, 0.717) is 5.54 Å². The maximum absolute atomic E-state index is 3.52. The summed E-state index contributed by atoms with van der Waals surface area (Å²) in [4.78, 5) is 0. The van der Waals surface area contributed by atoms with Crippen LogP contribution in [0.4, 0.5) is 0 Å². The lowest BCUT2D eigenvalue weighted by Crippen LogP contribution is -2.54. The van der Waals surface area contributed by atoms with Gasteiger partial charge in [0.25, 0.3) is 0 Å². The minimum atomic E-state index is 0.667. The average molecular weight is 111 g/mol. The van der Waals surface area contributed by atoms with Crippen LogP contribution >= 0.6 is 0 Å². The molecule has 2 fully saturated rings. The quantitative estimate of drug-likeness (QED) is 0.496. The molecule has 1 saturated carbocycles. The Morgan fingerprint density at radius 1 is 1.00 bits per heavy atom. The lowest BCUT2D eigenvalue weighted by molar-refractivity contribution is 0.215. The van der Waals surface area contributed by atoms with Crippen LogP contribution in [0.2, 0.25) is 0 Å². The van der Waals surface area contributed by atoms with E-state index in [1.165, 1.54) is 38.6 Å². The van der Waals surface area contributed by atoms with E-state index >= 15 is 0 Å². The monoisotopic (exact) mass is 111 g/mol. The van der Waals surface area contributed by atoms with Crippen molar-refractivity contribution in [3.8, 4) is 0 Å². The van der Waals surface area contributed by atoms with Gasteiger partial charge in [0.1, 0.15) is 0 Å². The van der Waals surface area contributed by atoms with Gasteiger partial charge in [0.05, 0.1) is 0 Å². The van der Waals surface area contributed by atoms with Crippen LogP contribution in [-0.4, -0.2) is 12.1 Å². The highest BCUT2D eigenvalue weighted by Crippen LogP contribution is 2.36. The van der Waals surface area contributed by atoms with Gasteiger partial charge in [-0.1, -0.05) is 12.8 Å². The van der Waals surface area contributed by atoms with Gasteiger partial charge in [-0.15, -0.1) is 0 Å². The first-order valence-electron chi connectivity index (χ1n) is 3.66. The molecule has 0 bridgehead atoms. The molecule has 0 aromatic carbocycles. The standard InChI is InChI=1S/C7H13N/c1-2-4-7(3-1)5-6-8-7/h8H,1-6H2. The highest BCUT2D eigenvalue weighted by atomic mass is 15.0. The normalized spacial score (nSPS) is 33.0. The molecule has 1 aliphatic carbocycles. The van der Waals surface area contributed by atoms with E-state index < -0.39 is 0 Å². The average Bonchev–Trinajstić information content (AvgIpc) is 2.07. The van der Waals surface area contributed by atoms with E-state index in [1.807, 2.05) is 0 Å². The molecule has 0 aromatic rings. The fourth-order valence-corrected chi connectivity index (χ4v) is 1.96. The van der Waals surface area contributed by atoms with Crippen molar-refractivity contribution in [1.82, 2.24) is 5.32 Å². The van der Waals surface area contributed by atoms with Crippen molar-refractivity contribution in [2.24, 2.45) is 0 Å². The number of nitrogens with one attached hydrogen (secondary N) is 1. The molecule has 0 unspecified atom stereocenters. The minimum absolute atomic E-state index is 0.667. The summed E-state index contributed by atoms with van der Waals surface area (Å²) in [6.07, 6.45) is 7.28. The molecule has 0 atom stereocenters. The second-order valence-corrected chi connectivity index (χ2v) is 3.16. The van der Waals surface area contributed by atoms with Crippen molar-refractivity contribution >= 4 is 0 Å². The van der Waals surface area contributed by atoms with Gasteiger partial charge in [-0.2, -0.15) is 0 Å². The summed E-state index contributed by atoms with van der Waals surface area (Å²) in [7, 11) is 0. The van der Waals surface area contributed by atoms with Crippen LogP contribution in [0.1, 0.15) is 32.1 Å². The van der Waals surface area contributed by atoms with Crippen molar-refractivity contribution < 1.29 is 0 Å². The maximum atomic E-state index is 3.52. The third kappa shape index (κ3) is 0.510. The number of hydrogen-bond acceptors (Lipinski definition) is 1. The second-order valence-electron chi connectivity index (χ2n) is 3.16. The zero-order valence-electron chi connectivity index (χ0n) is 5.24. The molecule has 1 nitrogen and oxygen atoms in total. The maximum Gasteiger partial charge on any atom is 0.0193 e. The summed E-state index contributed by atoms with van der Waals surface area (Å²) in [6.45, 7) is 1.28. The van der Waals surface area contributed by atoms with E-state index in [0.717, 1.165) is 0 Å². The van der Waals surface area contributed by atoms with Crippen LogP contribution in [0.25, 0.3) is 0 Å². The third-order valence-electron chi connectivity index (χ3n) is 2.66. The molecule has 0 aromatic heterocycles. The Kier molecular flexibility index (Phi) is 0.884. The highest BCUT2D eigenvalue weighted by molar-refractivity contribution is 4.99. The first kappa shape index (κ1) is 4.80. The van der Waals surface area contributed by atoms with Gasteiger partial charge in [0.2, 0.25) is 0 Å². The molecule has 1 heteroatoms. The van der Waals surface area contributed by atoms with Gasteiger partial charge in [0.15, 0.2) is 0 Å². The van der Waals surface area contributed by atoms with Gasteiger partial charge in [-0.3, -0.25) is 0 Å². The summed E-state index contributed by atoms with van der Waals surface area (Å²) >= 11 is 0. The van der Waals surface area contributed by atoms with Gasteiger partial charge in [0, 0.05) is 5.54 Å². The van der Waals surface area contributed by atoms with Crippen LogP contribution in [0.5, 0.6) is 0 Å². The van der Waals surface area contributed by atoms with Crippen LogP contribution in [0.15, 0.2) is 0 Å². The molecular formula is C7H13N. The molecule has 8 heavy (non-hydrogen) atoms. The Bertz CT molecular complexity index is 86.6. The topological polar surface area (TPSA) is 12.0 Å². The molecule has 1 spiro atoms. The molecule has 2 rings (SSSR count). The molecule has 46 valence electrons. The molecule has 1 aliphatic heterocycles. The summed E-state index contributed by atoms with van der Waals surface area (Å²) in [5.74, 6) is 0. The predicted molar refractivity (Wildman–Crippen MR) is 33.8 cm³/mol. The largest absolute Gasteiger partial charge is 0.311 e. The molecule has 1 saturated heterocycles. The summed E-state index contributed by atoms with van der Waals surface area (Å²) in [5.41, 5.74) is 0.667. The number of rotatable bonds is 0. The van der Waals surface area contributed by atoms with Crippen LogP contribution in [0.3, 0.4) is 0 Å². The minimum Gasteiger partial charge on any atom is -0.311 e. The predicted octanol–water partition coefficient (Wildman–Crippen LogP) is 1.29. The Morgan fingerprint density at radius 2 is 1.62 bits per heavy atom. The Labute approximate surface area is 50.5 Å². The van der Waals surface area contributed by atoms with E-state index in [1.54, 1.807) is 0 Å². The zero-order valence-corrected chi connectivity index (χ0v) is 5.24. The van der Waals surface area contributed by atoms with Crippen molar-refractivity contribution in [2.75, 3.05) is 6.54 Å². The molecule has 2 aliphatic rings. The lowest BCUT2D eigenvalue weighted by Gasteiger charge is -2.39. The molecule has 1 heterocycles. The number of hydrogen-bond donors (Lipinski definition) is 1. The van der Waals surface area contributed by atoms with Gasteiger partial charge < -0.3 is 5.32 Å². The van der Waals surface area contributed by atoms with Crippen LogP contribution in [-0.2, 0) is 0 Å². The summed E-state index contributed by atoms with van der Waals surface area (Å²) < 4.78 is 0. The van der Waals surface area contributed by atoms with Crippen LogP contribution in [0, 0.1) is 0 Å². The van der Waals surface area contributed by atoms with Gasteiger partial charge in [-0.25, -0.2) is 0 Å². The van der Waals surface area contributed by atoms with Crippen LogP contribution < -0.4 is 5.32 Å². The third-order valence-corrected chi connectivity index (χ3v) is 2.66.